The number of primary amides is 1. The number of rotatable bonds is 7. The minimum atomic E-state index is -0.788. The highest BCUT2D eigenvalue weighted by Crippen LogP contribution is 2.15. The predicted molar refractivity (Wildman–Crippen MR) is 88.7 cm³/mol. The maximum atomic E-state index is 12.6. The van der Waals surface area contributed by atoms with Crippen LogP contribution in [0.1, 0.15) is 34.9 Å². The molecule has 0 bridgehead atoms. The Morgan fingerprint density at radius 1 is 1.35 bits per heavy atom. The second kappa shape index (κ2) is 8.39. The van der Waals surface area contributed by atoms with E-state index in [4.69, 9.17) is 15.0 Å². The molecule has 1 aliphatic rings. The summed E-state index contributed by atoms with van der Waals surface area (Å²) in [6.45, 7) is 1.61. The van der Waals surface area contributed by atoms with E-state index in [1.807, 2.05) is 12.1 Å². The molecule has 10 heteroatoms. The first-order valence-electron chi connectivity index (χ1n) is 8.27. The lowest BCUT2D eigenvalue weighted by molar-refractivity contribution is 0.0792. The van der Waals surface area contributed by atoms with Gasteiger partial charge in [0.05, 0.1) is 12.6 Å². The average molecular weight is 360 g/mol. The molecule has 1 saturated heterocycles. The average Bonchev–Trinajstić information content (AvgIpc) is 3.32. The highest BCUT2D eigenvalue weighted by molar-refractivity contribution is 5.88. The van der Waals surface area contributed by atoms with E-state index in [2.05, 4.69) is 20.4 Å². The van der Waals surface area contributed by atoms with Gasteiger partial charge in [0, 0.05) is 32.1 Å². The second-order valence-corrected chi connectivity index (χ2v) is 5.91. The lowest BCUT2D eigenvalue weighted by Gasteiger charge is -2.25. The molecule has 10 nitrogen and oxygen atoms in total. The van der Waals surface area contributed by atoms with Crippen LogP contribution in [0.5, 0.6) is 0 Å². The Hall–Kier alpha value is -3.01. The standard InChI is InChI=1S/C16H20N6O4/c17-14(23)15-20-13(26-21-15)8-19-16(24)22(10-12-2-1-7-25-12)9-11-3-5-18-6-4-11/h3-6,12H,1-2,7-10H2,(H2,17,23)(H,19,24)/t12-/m1/s1. The van der Waals surface area contributed by atoms with Gasteiger partial charge in [0.2, 0.25) is 5.89 Å². The van der Waals surface area contributed by atoms with E-state index in [1.165, 1.54) is 0 Å². The topological polar surface area (TPSA) is 136 Å². The van der Waals surface area contributed by atoms with E-state index >= 15 is 0 Å². The highest BCUT2D eigenvalue weighted by atomic mass is 16.5. The summed E-state index contributed by atoms with van der Waals surface area (Å²) in [4.78, 5) is 33.0. The number of carbonyl (C=O) groups is 2. The van der Waals surface area contributed by atoms with Gasteiger partial charge in [-0.25, -0.2) is 4.79 Å². The number of hydrogen-bond donors (Lipinski definition) is 2. The number of amides is 3. The molecule has 0 unspecified atom stereocenters. The van der Waals surface area contributed by atoms with E-state index in [0.29, 0.717) is 19.7 Å². The van der Waals surface area contributed by atoms with Crippen molar-refractivity contribution in [1.29, 1.82) is 0 Å². The molecule has 138 valence electrons. The minimum absolute atomic E-state index is 0.00250. The SMILES string of the molecule is NC(=O)c1noc(CNC(=O)N(Cc2ccncc2)C[C@H]2CCCO2)n1. The summed E-state index contributed by atoms with van der Waals surface area (Å²) >= 11 is 0. The third kappa shape index (κ3) is 4.76. The summed E-state index contributed by atoms with van der Waals surface area (Å²) in [7, 11) is 0. The summed E-state index contributed by atoms with van der Waals surface area (Å²) in [5.41, 5.74) is 6.03. The molecule has 0 aromatic carbocycles. The van der Waals surface area contributed by atoms with Crippen LogP contribution >= 0.6 is 0 Å². The zero-order chi connectivity index (χ0) is 18.4. The fourth-order valence-electron chi connectivity index (χ4n) is 2.65. The molecule has 2 aromatic heterocycles. The highest BCUT2D eigenvalue weighted by Gasteiger charge is 2.23. The van der Waals surface area contributed by atoms with Crippen molar-refractivity contribution in [2.45, 2.75) is 32.0 Å². The third-order valence-electron chi connectivity index (χ3n) is 3.94. The Kier molecular flexibility index (Phi) is 5.74. The molecule has 3 rings (SSSR count). The minimum Gasteiger partial charge on any atom is -0.376 e. The van der Waals surface area contributed by atoms with Crippen LogP contribution in [-0.2, 0) is 17.8 Å². The van der Waals surface area contributed by atoms with Crippen molar-refractivity contribution in [3.05, 3.63) is 41.8 Å². The molecule has 0 spiro atoms. The van der Waals surface area contributed by atoms with Gasteiger partial charge in [-0.05, 0) is 30.5 Å². The number of pyridine rings is 1. The van der Waals surface area contributed by atoms with Crippen LogP contribution in [0.15, 0.2) is 29.0 Å². The van der Waals surface area contributed by atoms with E-state index in [-0.39, 0.29) is 30.4 Å². The number of aromatic nitrogens is 3. The molecular weight excluding hydrogens is 340 g/mol. The van der Waals surface area contributed by atoms with Crippen molar-refractivity contribution in [3.63, 3.8) is 0 Å². The molecule has 1 atom stereocenters. The number of carbonyl (C=O) groups excluding carboxylic acids is 2. The summed E-state index contributed by atoms with van der Waals surface area (Å²) in [5.74, 6) is -0.903. The quantitative estimate of drug-likeness (QED) is 0.731. The number of nitrogens with one attached hydrogen (secondary N) is 1. The van der Waals surface area contributed by atoms with Crippen LogP contribution in [0, 0.1) is 0 Å². The summed E-state index contributed by atoms with van der Waals surface area (Å²) in [6.07, 6.45) is 5.30. The lowest BCUT2D eigenvalue weighted by Crippen LogP contribution is -2.43. The Morgan fingerprint density at radius 3 is 2.81 bits per heavy atom. The first-order chi connectivity index (χ1) is 12.6. The molecule has 2 aromatic rings. The van der Waals surface area contributed by atoms with E-state index in [1.54, 1.807) is 17.3 Å². The molecule has 0 radical (unpaired) electrons. The van der Waals surface area contributed by atoms with Gasteiger partial charge in [0.1, 0.15) is 0 Å². The fourth-order valence-corrected chi connectivity index (χ4v) is 2.65. The largest absolute Gasteiger partial charge is 0.376 e. The van der Waals surface area contributed by atoms with E-state index in [0.717, 1.165) is 18.4 Å². The molecule has 26 heavy (non-hydrogen) atoms. The van der Waals surface area contributed by atoms with Gasteiger partial charge in [-0.1, -0.05) is 5.16 Å². The van der Waals surface area contributed by atoms with Crippen molar-refractivity contribution in [3.8, 4) is 0 Å². The summed E-state index contributed by atoms with van der Waals surface area (Å²) in [5, 5.41) is 6.15. The first kappa shape index (κ1) is 17.8. The van der Waals surface area contributed by atoms with Crippen LogP contribution in [0.2, 0.25) is 0 Å². The van der Waals surface area contributed by atoms with Crippen LogP contribution in [-0.4, -0.2) is 51.2 Å². The van der Waals surface area contributed by atoms with Crippen molar-refractivity contribution < 1.29 is 18.8 Å². The Labute approximate surface area is 149 Å². The summed E-state index contributed by atoms with van der Waals surface area (Å²) < 4.78 is 10.5. The Balaban J connectivity index is 1.61. The molecule has 1 fully saturated rings. The third-order valence-corrected chi connectivity index (χ3v) is 3.94. The second-order valence-electron chi connectivity index (χ2n) is 5.91. The van der Waals surface area contributed by atoms with E-state index in [9.17, 15) is 9.59 Å². The smallest absolute Gasteiger partial charge is 0.318 e. The monoisotopic (exact) mass is 360 g/mol. The van der Waals surface area contributed by atoms with Gasteiger partial charge in [-0.2, -0.15) is 4.98 Å². The Morgan fingerprint density at radius 2 is 2.15 bits per heavy atom. The molecule has 1 aliphatic heterocycles. The number of hydrogen-bond acceptors (Lipinski definition) is 7. The fraction of sp³-hybridized carbons (Fsp3) is 0.438. The Bertz CT molecular complexity index is 744. The zero-order valence-electron chi connectivity index (χ0n) is 14.1. The summed E-state index contributed by atoms with van der Waals surface area (Å²) in [6, 6.07) is 3.41. The molecule has 3 N–H and O–H groups in total. The van der Waals surface area contributed by atoms with Gasteiger partial charge >= 0.3 is 6.03 Å². The van der Waals surface area contributed by atoms with Crippen molar-refractivity contribution >= 4 is 11.9 Å². The maximum Gasteiger partial charge on any atom is 0.318 e. The number of urea groups is 1. The van der Waals surface area contributed by atoms with Gasteiger partial charge < -0.3 is 25.2 Å². The molecule has 3 amide bonds. The molecule has 0 aliphatic carbocycles. The van der Waals surface area contributed by atoms with Crippen molar-refractivity contribution in [2.75, 3.05) is 13.2 Å². The number of nitrogens with zero attached hydrogens (tertiary/aromatic N) is 4. The van der Waals surface area contributed by atoms with Gasteiger partial charge in [-0.3, -0.25) is 9.78 Å². The van der Waals surface area contributed by atoms with Crippen molar-refractivity contribution in [2.24, 2.45) is 5.73 Å². The van der Waals surface area contributed by atoms with E-state index < -0.39 is 5.91 Å². The first-order valence-corrected chi connectivity index (χ1v) is 8.27. The van der Waals surface area contributed by atoms with Gasteiger partial charge in [0.25, 0.3) is 11.7 Å². The zero-order valence-corrected chi connectivity index (χ0v) is 14.1. The molecule has 0 saturated carbocycles. The van der Waals surface area contributed by atoms with Crippen LogP contribution < -0.4 is 11.1 Å². The van der Waals surface area contributed by atoms with Crippen LogP contribution in [0.3, 0.4) is 0 Å². The van der Waals surface area contributed by atoms with Crippen molar-refractivity contribution in [1.82, 2.24) is 25.3 Å². The normalized spacial score (nSPS) is 16.4. The lowest BCUT2D eigenvalue weighted by atomic mass is 10.2. The van der Waals surface area contributed by atoms with Gasteiger partial charge in [0.15, 0.2) is 0 Å². The number of nitrogens with two attached hydrogens (primary N) is 1. The molecule has 3 heterocycles. The maximum absolute atomic E-state index is 12.6. The predicted octanol–water partition coefficient (Wildman–Crippen LogP) is 0.454. The van der Waals surface area contributed by atoms with Crippen LogP contribution in [0.4, 0.5) is 4.79 Å². The number of ether oxygens (including phenoxy) is 1. The van der Waals surface area contributed by atoms with Crippen LogP contribution in [0.25, 0.3) is 0 Å². The molecular formula is C16H20N6O4. The van der Waals surface area contributed by atoms with Gasteiger partial charge in [-0.15, -0.1) is 0 Å².